The third-order valence-electron chi connectivity index (χ3n) is 3.34. The number of hydrogen-bond donors (Lipinski definition) is 1. The Kier molecular flexibility index (Phi) is 4.27. The molecule has 0 saturated heterocycles. The molecular weight excluding hydrogens is 346 g/mol. The fourth-order valence-corrected chi connectivity index (χ4v) is 2.97. The van der Waals surface area contributed by atoms with Gasteiger partial charge in [0.2, 0.25) is 5.91 Å². The Hall–Kier alpha value is -2.42. The molecular formula is C15H11F4N3OS. The average Bonchev–Trinajstić information content (AvgIpc) is 3.06. The number of nitrogens with zero attached hydrogens (tertiary/aromatic N) is 2. The van der Waals surface area contributed by atoms with E-state index < -0.39 is 23.5 Å². The van der Waals surface area contributed by atoms with Crippen LogP contribution in [0.1, 0.15) is 16.8 Å². The largest absolute Gasteiger partial charge is 0.416 e. The van der Waals surface area contributed by atoms with Crippen LogP contribution in [0.25, 0.3) is 4.96 Å². The van der Waals surface area contributed by atoms with E-state index in [2.05, 4.69) is 10.3 Å². The van der Waals surface area contributed by atoms with Crippen molar-refractivity contribution in [3.63, 3.8) is 0 Å². The van der Waals surface area contributed by atoms with Crippen LogP contribution in [-0.4, -0.2) is 15.3 Å². The van der Waals surface area contributed by atoms with Gasteiger partial charge < -0.3 is 5.32 Å². The molecule has 0 unspecified atom stereocenters. The minimum atomic E-state index is -4.68. The van der Waals surface area contributed by atoms with Crippen LogP contribution in [0.3, 0.4) is 0 Å². The van der Waals surface area contributed by atoms with Gasteiger partial charge in [-0.2, -0.15) is 13.2 Å². The quantitative estimate of drug-likeness (QED) is 0.728. The van der Waals surface area contributed by atoms with Crippen LogP contribution < -0.4 is 5.32 Å². The van der Waals surface area contributed by atoms with Crippen molar-refractivity contribution in [2.75, 3.05) is 0 Å². The molecule has 9 heteroatoms. The summed E-state index contributed by atoms with van der Waals surface area (Å²) in [6.07, 6.45) is -1.25. The number of aromatic nitrogens is 2. The van der Waals surface area contributed by atoms with Gasteiger partial charge in [-0.1, -0.05) is 6.07 Å². The summed E-state index contributed by atoms with van der Waals surface area (Å²) >= 11 is 1.41. The molecule has 2 heterocycles. The predicted octanol–water partition coefficient (Wildman–Crippen LogP) is 3.41. The first kappa shape index (κ1) is 16.4. The van der Waals surface area contributed by atoms with E-state index in [9.17, 15) is 22.4 Å². The number of hydrogen-bond acceptors (Lipinski definition) is 3. The van der Waals surface area contributed by atoms with Crippen LogP contribution in [0.15, 0.2) is 36.0 Å². The molecule has 24 heavy (non-hydrogen) atoms. The smallest absolute Gasteiger partial charge is 0.352 e. The first-order valence-electron chi connectivity index (χ1n) is 6.86. The van der Waals surface area contributed by atoms with Gasteiger partial charge >= 0.3 is 6.18 Å². The molecule has 2 aromatic heterocycles. The lowest BCUT2D eigenvalue weighted by molar-refractivity contribution is -0.138. The second-order valence-corrected chi connectivity index (χ2v) is 5.95. The third-order valence-corrected chi connectivity index (χ3v) is 4.11. The van der Waals surface area contributed by atoms with E-state index in [1.807, 2.05) is 5.38 Å². The zero-order valence-electron chi connectivity index (χ0n) is 12.1. The van der Waals surface area contributed by atoms with Gasteiger partial charge in [-0.3, -0.25) is 9.20 Å². The van der Waals surface area contributed by atoms with Gasteiger partial charge in [0, 0.05) is 24.3 Å². The highest BCUT2D eigenvalue weighted by atomic mass is 32.1. The maximum absolute atomic E-state index is 13.0. The zero-order valence-corrected chi connectivity index (χ0v) is 12.9. The minimum Gasteiger partial charge on any atom is -0.352 e. The van der Waals surface area contributed by atoms with Crippen molar-refractivity contribution < 1.29 is 22.4 Å². The summed E-state index contributed by atoms with van der Waals surface area (Å²) in [5, 5.41) is 4.26. The van der Waals surface area contributed by atoms with Gasteiger partial charge in [0.05, 0.1) is 17.7 Å². The first-order chi connectivity index (χ1) is 11.3. The molecule has 0 bridgehead atoms. The van der Waals surface area contributed by atoms with Crippen molar-refractivity contribution in [2.24, 2.45) is 0 Å². The summed E-state index contributed by atoms with van der Waals surface area (Å²) in [5.41, 5.74) is -0.761. The van der Waals surface area contributed by atoms with Crippen molar-refractivity contribution in [1.82, 2.24) is 14.7 Å². The average molecular weight is 357 g/mol. The Morgan fingerprint density at radius 3 is 2.83 bits per heavy atom. The van der Waals surface area contributed by atoms with Crippen molar-refractivity contribution in [1.29, 1.82) is 0 Å². The highest BCUT2D eigenvalue weighted by molar-refractivity contribution is 7.15. The van der Waals surface area contributed by atoms with Crippen LogP contribution in [0.5, 0.6) is 0 Å². The molecule has 0 saturated carbocycles. The van der Waals surface area contributed by atoms with E-state index in [-0.39, 0.29) is 18.5 Å². The zero-order chi connectivity index (χ0) is 17.3. The highest BCUT2D eigenvalue weighted by Crippen LogP contribution is 2.32. The molecule has 1 aromatic carbocycles. The van der Waals surface area contributed by atoms with Crippen molar-refractivity contribution in [3.8, 4) is 0 Å². The Labute approximate surface area is 137 Å². The van der Waals surface area contributed by atoms with Gasteiger partial charge in [0.15, 0.2) is 4.96 Å². The second-order valence-electron chi connectivity index (χ2n) is 5.08. The van der Waals surface area contributed by atoms with Gasteiger partial charge in [-0.25, -0.2) is 9.37 Å². The number of rotatable bonds is 4. The summed E-state index contributed by atoms with van der Waals surface area (Å²) in [6.45, 7) is -0.337. The normalized spacial score (nSPS) is 11.8. The Balaban J connectivity index is 1.67. The summed E-state index contributed by atoms with van der Waals surface area (Å²) in [4.78, 5) is 16.9. The summed E-state index contributed by atoms with van der Waals surface area (Å²) in [7, 11) is 0. The standard InChI is InChI=1S/C15H11F4N3OS/c16-10-2-1-9(12(5-10)15(17,18)19)7-20-13(23)6-11-8-22-3-4-24-14(22)21-11/h1-5,8H,6-7H2,(H,20,23). The van der Waals surface area contributed by atoms with Crippen LogP contribution in [0.2, 0.25) is 0 Å². The third kappa shape index (κ3) is 3.56. The van der Waals surface area contributed by atoms with Crippen LogP contribution in [0.4, 0.5) is 17.6 Å². The van der Waals surface area contributed by atoms with Crippen LogP contribution in [0, 0.1) is 5.82 Å². The first-order valence-corrected chi connectivity index (χ1v) is 7.74. The number of alkyl halides is 3. The van der Waals surface area contributed by atoms with E-state index in [4.69, 9.17) is 0 Å². The minimum absolute atomic E-state index is 0.0447. The van der Waals surface area contributed by atoms with Gasteiger partial charge in [0.1, 0.15) is 5.82 Å². The van der Waals surface area contributed by atoms with E-state index in [0.29, 0.717) is 11.8 Å². The van der Waals surface area contributed by atoms with Gasteiger partial charge in [-0.05, 0) is 17.7 Å². The van der Waals surface area contributed by atoms with E-state index >= 15 is 0 Å². The van der Waals surface area contributed by atoms with Crippen LogP contribution in [-0.2, 0) is 23.9 Å². The number of halogens is 4. The maximum Gasteiger partial charge on any atom is 0.416 e. The maximum atomic E-state index is 13.0. The van der Waals surface area contributed by atoms with Crippen LogP contribution >= 0.6 is 11.3 Å². The number of fused-ring (bicyclic) bond motifs is 1. The number of carbonyl (C=O) groups excluding carboxylic acids is 1. The SMILES string of the molecule is O=C(Cc1cn2ccsc2n1)NCc1ccc(F)cc1C(F)(F)F. The molecule has 1 amide bonds. The fraction of sp³-hybridized carbons (Fsp3) is 0.200. The predicted molar refractivity (Wildman–Crippen MR) is 80.0 cm³/mol. The topological polar surface area (TPSA) is 46.4 Å². The number of carbonyl (C=O) groups is 1. The summed E-state index contributed by atoms with van der Waals surface area (Å²) in [5.74, 6) is -1.44. The lowest BCUT2D eigenvalue weighted by atomic mass is 10.1. The molecule has 3 rings (SSSR count). The molecule has 0 fully saturated rings. The molecule has 126 valence electrons. The lowest BCUT2D eigenvalue weighted by Crippen LogP contribution is -2.26. The number of imidazole rings is 1. The molecule has 0 spiro atoms. The molecule has 4 nitrogen and oxygen atoms in total. The summed E-state index contributed by atoms with van der Waals surface area (Å²) in [6, 6.07) is 2.37. The van der Waals surface area contributed by atoms with Crippen molar-refractivity contribution >= 4 is 22.2 Å². The molecule has 0 aliphatic carbocycles. The van der Waals surface area contributed by atoms with E-state index in [1.54, 1.807) is 16.8 Å². The van der Waals surface area contributed by atoms with Crippen molar-refractivity contribution in [2.45, 2.75) is 19.1 Å². The number of nitrogens with one attached hydrogen (secondary N) is 1. The Morgan fingerprint density at radius 2 is 2.12 bits per heavy atom. The monoisotopic (exact) mass is 357 g/mol. The Bertz CT molecular complexity index is 856. The number of benzene rings is 1. The number of thiazole rings is 1. The lowest BCUT2D eigenvalue weighted by Gasteiger charge is -2.13. The summed E-state index contributed by atoms with van der Waals surface area (Å²) < 4.78 is 53.5. The molecule has 0 radical (unpaired) electrons. The fourth-order valence-electron chi connectivity index (χ4n) is 2.25. The highest BCUT2D eigenvalue weighted by Gasteiger charge is 2.33. The van der Waals surface area contributed by atoms with Gasteiger partial charge in [0.25, 0.3) is 0 Å². The Morgan fingerprint density at radius 1 is 1.33 bits per heavy atom. The van der Waals surface area contributed by atoms with E-state index in [1.165, 1.54) is 11.3 Å². The number of amides is 1. The van der Waals surface area contributed by atoms with Crippen molar-refractivity contribution in [3.05, 3.63) is 58.6 Å². The molecule has 0 aliphatic rings. The molecule has 0 atom stereocenters. The molecule has 1 N–H and O–H groups in total. The second kappa shape index (κ2) is 6.23. The molecule has 0 aliphatic heterocycles. The molecule has 3 aromatic rings. The van der Waals surface area contributed by atoms with Gasteiger partial charge in [-0.15, -0.1) is 11.3 Å². The van der Waals surface area contributed by atoms with E-state index in [0.717, 1.165) is 17.1 Å².